The topological polar surface area (TPSA) is 112 Å². The molecule has 23 heavy (non-hydrogen) atoms. The highest BCUT2D eigenvalue weighted by Gasteiger charge is 2.24. The first-order valence-corrected chi connectivity index (χ1v) is 9.12. The van der Waals surface area contributed by atoms with Gasteiger partial charge in [0.05, 0.1) is 15.9 Å². The molecule has 3 N–H and O–H groups in total. The molecular weight excluding hydrogens is 318 g/mol. The van der Waals surface area contributed by atoms with E-state index in [-0.39, 0.29) is 16.5 Å². The third-order valence-electron chi connectivity index (χ3n) is 4.34. The molecule has 124 valence electrons. The van der Waals surface area contributed by atoms with Crippen molar-refractivity contribution in [3.05, 3.63) is 38.9 Å². The molecule has 7 nitrogen and oxygen atoms in total. The van der Waals surface area contributed by atoms with E-state index >= 15 is 0 Å². The lowest BCUT2D eigenvalue weighted by Gasteiger charge is -2.26. The van der Waals surface area contributed by atoms with Crippen LogP contribution in [-0.4, -0.2) is 24.4 Å². The van der Waals surface area contributed by atoms with Gasteiger partial charge in [-0.05, 0) is 49.8 Å². The summed E-state index contributed by atoms with van der Waals surface area (Å²) in [5.74, 6) is 0.637. The zero-order valence-electron chi connectivity index (χ0n) is 12.8. The number of aromatic nitrogens is 2. The highest BCUT2D eigenvalue weighted by Crippen LogP contribution is 2.25. The Kier molecular flexibility index (Phi) is 4.11. The van der Waals surface area contributed by atoms with E-state index in [0.29, 0.717) is 11.4 Å². The van der Waals surface area contributed by atoms with Crippen LogP contribution in [0.25, 0.3) is 11.0 Å². The monoisotopic (exact) mass is 337 g/mol. The minimum Gasteiger partial charge on any atom is -0.316 e. The first-order chi connectivity index (χ1) is 10.8. The molecule has 0 radical (unpaired) electrons. The van der Waals surface area contributed by atoms with Crippen LogP contribution >= 0.6 is 0 Å². The highest BCUT2D eigenvalue weighted by molar-refractivity contribution is 7.89. The van der Waals surface area contributed by atoms with Gasteiger partial charge in [0, 0.05) is 6.04 Å². The van der Waals surface area contributed by atoms with E-state index in [2.05, 4.69) is 21.6 Å². The van der Waals surface area contributed by atoms with Gasteiger partial charge in [0.1, 0.15) is 0 Å². The normalized spacial score (nSPS) is 22.3. The van der Waals surface area contributed by atoms with E-state index in [1.807, 2.05) is 0 Å². The second kappa shape index (κ2) is 5.93. The van der Waals surface area contributed by atoms with Crippen LogP contribution < -0.4 is 15.8 Å². The van der Waals surface area contributed by atoms with Crippen molar-refractivity contribution in [1.82, 2.24) is 14.7 Å². The largest absolute Gasteiger partial charge is 0.316 e. The van der Waals surface area contributed by atoms with Gasteiger partial charge in [-0.15, -0.1) is 0 Å². The number of nitrogens with one attached hydrogen (secondary N) is 3. The van der Waals surface area contributed by atoms with E-state index < -0.39 is 21.1 Å². The standard InChI is InChI=1S/C15H19N3O4S/c1-9-2-4-10(5-3-9)18-23(21,22)11-6-7-12-13(8-11)17-15(20)14(19)16-12/h6-10,18H,2-5H2,1H3,(H,16,19)(H,17,20). The first kappa shape index (κ1) is 15.9. The fourth-order valence-electron chi connectivity index (χ4n) is 2.93. The number of aromatic amines is 2. The molecule has 0 aliphatic heterocycles. The Morgan fingerprint density at radius 1 is 1.00 bits per heavy atom. The fraction of sp³-hybridized carbons (Fsp3) is 0.467. The van der Waals surface area contributed by atoms with E-state index in [1.165, 1.54) is 18.2 Å². The van der Waals surface area contributed by atoms with Crippen LogP contribution in [0.2, 0.25) is 0 Å². The summed E-state index contributed by atoms with van der Waals surface area (Å²) in [6.45, 7) is 2.17. The molecule has 1 aromatic heterocycles. The van der Waals surface area contributed by atoms with Gasteiger partial charge in [-0.25, -0.2) is 13.1 Å². The van der Waals surface area contributed by atoms with Crippen molar-refractivity contribution in [2.24, 2.45) is 5.92 Å². The summed E-state index contributed by atoms with van der Waals surface area (Å²) >= 11 is 0. The Bertz CT molecular complexity index is 937. The van der Waals surface area contributed by atoms with Crippen LogP contribution in [0.15, 0.2) is 32.7 Å². The molecule has 1 fully saturated rings. The quantitative estimate of drug-likeness (QED) is 0.727. The number of fused-ring (bicyclic) bond motifs is 1. The predicted octanol–water partition coefficient (Wildman–Crippen LogP) is 1.07. The van der Waals surface area contributed by atoms with Gasteiger partial charge in [0.25, 0.3) is 0 Å². The number of rotatable bonds is 3. The summed E-state index contributed by atoms with van der Waals surface area (Å²) in [6.07, 6.45) is 3.69. The van der Waals surface area contributed by atoms with Gasteiger partial charge >= 0.3 is 11.1 Å². The van der Waals surface area contributed by atoms with E-state index in [1.54, 1.807) is 0 Å². The van der Waals surface area contributed by atoms with Crippen LogP contribution in [0.5, 0.6) is 0 Å². The summed E-state index contributed by atoms with van der Waals surface area (Å²) in [4.78, 5) is 27.5. The molecule has 8 heteroatoms. The molecule has 1 aliphatic carbocycles. The Labute approximate surface area is 133 Å². The molecule has 0 atom stereocenters. The second-order valence-electron chi connectivity index (χ2n) is 6.19. The molecule has 3 rings (SSSR count). The third kappa shape index (κ3) is 3.37. The lowest BCUT2D eigenvalue weighted by molar-refractivity contribution is 0.332. The van der Waals surface area contributed by atoms with Gasteiger partial charge in [-0.2, -0.15) is 0 Å². The van der Waals surface area contributed by atoms with Crippen LogP contribution in [0.1, 0.15) is 32.6 Å². The summed E-state index contributed by atoms with van der Waals surface area (Å²) in [5.41, 5.74) is -0.890. The molecule has 2 aromatic rings. The molecule has 0 spiro atoms. The second-order valence-corrected chi connectivity index (χ2v) is 7.91. The van der Waals surface area contributed by atoms with Crippen LogP contribution in [-0.2, 0) is 10.0 Å². The molecule has 1 heterocycles. The Morgan fingerprint density at radius 3 is 2.26 bits per heavy atom. The molecule has 1 saturated carbocycles. The minimum atomic E-state index is -3.66. The van der Waals surface area contributed by atoms with Gasteiger partial charge in [0.2, 0.25) is 10.0 Å². The molecule has 1 aromatic carbocycles. The summed E-state index contributed by atoms with van der Waals surface area (Å²) in [7, 11) is -3.66. The molecular formula is C15H19N3O4S. The maximum atomic E-state index is 12.5. The number of benzene rings is 1. The molecule has 1 aliphatic rings. The molecule has 0 unspecified atom stereocenters. The Morgan fingerprint density at radius 2 is 1.61 bits per heavy atom. The van der Waals surface area contributed by atoms with Crippen molar-refractivity contribution in [2.45, 2.75) is 43.5 Å². The Hall–Kier alpha value is -1.93. The lowest BCUT2D eigenvalue weighted by atomic mass is 9.88. The lowest BCUT2D eigenvalue weighted by Crippen LogP contribution is -2.37. The summed E-state index contributed by atoms with van der Waals surface area (Å²) in [5, 5.41) is 0. The van der Waals surface area contributed by atoms with Gasteiger partial charge in [0.15, 0.2) is 0 Å². The van der Waals surface area contributed by atoms with E-state index in [4.69, 9.17) is 0 Å². The molecule has 0 amide bonds. The smallest absolute Gasteiger partial charge is 0.314 e. The van der Waals surface area contributed by atoms with Crippen LogP contribution in [0.3, 0.4) is 0 Å². The summed E-state index contributed by atoms with van der Waals surface area (Å²) < 4.78 is 27.7. The maximum absolute atomic E-state index is 12.5. The highest BCUT2D eigenvalue weighted by atomic mass is 32.2. The van der Waals surface area contributed by atoms with Crippen molar-refractivity contribution in [3.63, 3.8) is 0 Å². The molecule has 0 saturated heterocycles. The average Bonchev–Trinajstić information content (AvgIpc) is 2.50. The average molecular weight is 337 g/mol. The fourth-order valence-corrected chi connectivity index (χ4v) is 4.26. The third-order valence-corrected chi connectivity index (χ3v) is 5.86. The number of hydrogen-bond donors (Lipinski definition) is 3. The van der Waals surface area contributed by atoms with Crippen molar-refractivity contribution in [2.75, 3.05) is 0 Å². The van der Waals surface area contributed by atoms with Gasteiger partial charge in [-0.3, -0.25) is 9.59 Å². The van der Waals surface area contributed by atoms with Crippen LogP contribution in [0.4, 0.5) is 0 Å². The number of H-pyrrole nitrogens is 2. The molecule has 0 bridgehead atoms. The van der Waals surface area contributed by atoms with Gasteiger partial charge in [-0.1, -0.05) is 6.92 Å². The number of sulfonamides is 1. The van der Waals surface area contributed by atoms with Crippen molar-refractivity contribution >= 4 is 21.1 Å². The Balaban J connectivity index is 1.90. The first-order valence-electron chi connectivity index (χ1n) is 7.64. The van der Waals surface area contributed by atoms with Gasteiger partial charge < -0.3 is 9.97 Å². The van der Waals surface area contributed by atoms with Crippen molar-refractivity contribution in [1.29, 1.82) is 0 Å². The SMILES string of the molecule is CC1CCC(NS(=O)(=O)c2ccc3[nH]c(=O)c(=O)[nH]c3c2)CC1. The zero-order valence-corrected chi connectivity index (χ0v) is 13.6. The van der Waals surface area contributed by atoms with Crippen molar-refractivity contribution < 1.29 is 8.42 Å². The van der Waals surface area contributed by atoms with E-state index in [9.17, 15) is 18.0 Å². The van der Waals surface area contributed by atoms with Crippen LogP contribution in [0, 0.1) is 5.92 Å². The predicted molar refractivity (Wildman–Crippen MR) is 86.9 cm³/mol. The van der Waals surface area contributed by atoms with E-state index in [0.717, 1.165) is 25.7 Å². The van der Waals surface area contributed by atoms with Crippen molar-refractivity contribution in [3.8, 4) is 0 Å². The minimum absolute atomic E-state index is 0.0541. The zero-order chi connectivity index (χ0) is 16.6. The number of hydrogen-bond acceptors (Lipinski definition) is 4. The summed E-state index contributed by atoms with van der Waals surface area (Å²) in [6, 6.07) is 4.20. The maximum Gasteiger partial charge on any atom is 0.314 e.